The molecule has 0 aromatic carbocycles. The molecule has 1 aliphatic rings. The summed E-state index contributed by atoms with van der Waals surface area (Å²) in [5.41, 5.74) is 0. The molecule has 1 heterocycles. The van der Waals surface area contributed by atoms with Crippen molar-refractivity contribution in [1.82, 2.24) is 0 Å². The lowest BCUT2D eigenvalue weighted by Gasteiger charge is -2.09. The van der Waals surface area contributed by atoms with Gasteiger partial charge in [0.25, 0.3) is 0 Å². The van der Waals surface area contributed by atoms with Crippen molar-refractivity contribution in [2.75, 3.05) is 6.61 Å². The summed E-state index contributed by atoms with van der Waals surface area (Å²) in [4.78, 5) is 20.1. The molecule has 1 saturated heterocycles. The smallest absolute Gasteiger partial charge is 0.335 e. The molecule has 0 aromatic rings. The molecule has 0 saturated carbocycles. The fourth-order valence-electron chi connectivity index (χ4n) is 0.821. The Kier molecular flexibility index (Phi) is 1.68. The number of Topliss-reactive ketones (excluding diaryl/α,β-unsaturated/α-hetero) is 1. The van der Waals surface area contributed by atoms with Crippen LogP contribution >= 0.6 is 11.6 Å². The van der Waals surface area contributed by atoms with Crippen molar-refractivity contribution in [2.24, 2.45) is 0 Å². The molecular formula is C6H7ClO3. The van der Waals surface area contributed by atoms with Crippen molar-refractivity contribution in [3.05, 3.63) is 0 Å². The van der Waals surface area contributed by atoms with E-state index in [1.165, 1.54) is 6.92 Å². The van der Waals surface area contributed by atoms with E-state index in [9.17, 15) is 9.59 Å². The first-order valence-corrected chi connectivity index (χ1v) is 3.32. The zero-order chi connectivity index (χ0) is 7.78. The van der Waals surface area contributed by atoms with E-state index in [0.717, 1.165) is 0 Å². The van der Waals surface area contributed by atoms with Crippen molar-refractivity contribution in [3.8, 4) is 0 Å². The van der Waals surface area contributed by atoms with Crippen molar-refractivity contribution >= 4 is 23.4 Å². The maximum absolute atomic E-state index is 10.8. The summed E-state index contributed by atoms with van der Waals surface area (Å²) in [5.74, 6) is -0.946. The molecule has 4 heteroatoms. The predicted molar refractivity (Wildman–Crippen MR) is 34.8 cm³/mol. The fourth-order valence-corrected chi connectivity index (χ4v) is 0.952. The van der Waals surface area contributed by atoms with E-state index in [1.54, 1.807) is 0 Å². The largest absolute Gasteiger partial charge is 0.464 e. The Balaban J connectivity index is 2.86. The average Bonchev–Trinajstić information content (AvgIpc) is 2.15. The Bertz CT molecular complexity index is 189. The first-order valence-electron chi connectivity index (χ1n) is 2.94. The van der Waals surface area contributed by atoms with Crippen molar-refractivity contribution in [1.29, 1.82) is 0 Å². The molecule has 0 aliphatic carbocycles. The zero-order valence-electron chi connectivity index (χ0n) is 5.52. The SMILES string of the molecule is [13CH3][13C](=O)[13C]1(Cl)CCO[13C]1=O. The Morgan fingerprint density at radius 3 is 2.60 bits per heavy atom. The van der Waals surface area contributed by atoms with Gasteiger partial charge in [0, 0.05) is 6.42 Å². The molecule has 0 bridgehead atoms. The standard InChI is InChI=1S/C6H7ClO3/c1-4(8)6(7)2-3-10-5(6)9/h2-3H2,1H3/i1+1,4+1,5+1,6+1. The number of ketones is 1. The number of halogens is 1. The van der Waals surface area contributed by atoms with Crippen LogP contribution in [0.4, 0.5) is 0 Å². The normalized spacial score (nSPS) is 32.0. The Morgan fingerprint density at radius 2 is 2.40 bits per heavy atom. The lowest BCUT2D eigenvalue weighted by atomic mass is 10.6. The van der Waals surface area contributed by atoms with Crippen LogP contribution in [-0.2, 0) is 14.3 Å². The van der Waals surface area contributed by atoms with E-state index in [2.05, 4.69) is 4.74 Å². The maximum atomic E-state index is 10.8. The lowest BCUT2D eigenvalue weighted by molar-refractivity contribution is -0.142. The number of cyclic esters (lactones) is 1. The Morgan fingerprint density at radius 1 is 1.80 bits per heavy atom. The number of rotatable bonds is 1. The van der Waals surface area contributed by atoms with Gasteiger partial charge in [-0.2, -0.15) is 0 Å². The van der Waals surface area contributed by atoms with E-state index in [-0.39, 0.29) is 12.4 Å². The number of alkyl halides is 1. The highest BCUT2D eigenvalue weighted by Crippen LogP contribution is 2.28. The summed E-state index contributed by atoms with van der Waals surface area (Å²) in [6.07, 6.45) is 0.294. The van der Waals surface area contributed by atoms with Crippen LogP contribution in [0.15, 0.2) is 0 Å². The lowest BCUT2D eigenvalue weighted by Crippen LogP contribution is -2.35. The number of hydrogen-bond acceptors (Lipinski definition) is 3. The second-order valence-corrected chi connectivity index (χ2v) is 2.89. The third-order valence-electron chi connectivity index (χ3n) is 1.56. The number of ether oxygens (including phenoxy) is 1. The second kappa shape index (κ2) is 2.23. The number of hydrogen-bond donors (Lipinski definition) is 0. The number of esters is 1. The van der Waals surface area contributed by atoms with Gasteiger partial charge in [0.2, 0.25) is 4.87 Å². The molecule has 1 fully saturated rings. The van der Waals surface area contributed by atoms with Gasteiger partial charge in [0.05, 0.1) is 6.61 Å². The van der Waals surface area contributed by atoms with Crippen molar-refractivity contribution < 1.29 is 14.3 Å². The molecule has 0 aromatic heterocycles. The fraction of sp³-hybridized carbons (Fsp3) is 0.667. The molecule has 1 aliphatic heterocycles. The van der Waals surface area contributed by atoms with Gasteiger partial charge in [-0.05, 0) is 6.92 Å². The molecule has 1 rings (SSSR count). The Hall–Kier alpha value is -0.570. The van der Waals surface area contributed by atoms with Gasteiger partial charge in [0.1, 0.15) is 0 Å². The van der Waals surface area contributed by atoms with Gasteiger partial charge in [0.15, 0.2) is 5.78 Å². The van der Waals surface area contributed by atoms with E-state index in [4.69, 9.17) is 11.6 Å². The molecule has 56 valence electrons. The van der Waals surface area contributed by atoms with Crippen LogP contribution in [0, 0.1) is 0 Å². The molecule has 1 atom stereocenters. The van der Waals surface area contributed by atoms with E-state index in [1.807, 2.05) is 0 Å². The van der Waals surface area contributed by atoms with Gasteiger partial charge >= 0.3 is 5.97 Å². The quantitative estimate of drug-likeness (QED) is 0.247. The molecule has 3 nitrogen and oxygen atoms in total. The second-order valence-electron chi connectivity index (χ2n) is 2.24. The molecule has 0 N–H and O–H groups in total. The zero-order valence-corrected chi connectivity index (χ0v) is 6.27. The molecular weight excluding hydrogens is 159 g/mol. The average molecular weight is 167 g/mol. The first-order chi connectivity index (χ1) is 4.57. The summed E-state index contributed by atoms with van der Waals surface area (Å²) in [6.45, 7) is 1.54. The monoisotopic (exact) mass is 166 g/mol. The van der Waals surface area contributed by atoms with Gasteiger partial charge in [-0.1, -0.05) is 11.6 Å². The molecule has 10 heavy (non-hydrogen) atoms. The van der Waals surface area contributed by atoms with Gasteiger partial charge in [-0.25, -0.2) is 4.79 Å². The maximum Gasteiger partial charge on any atom is 0.335 e. The van der Waals surface area contributed by atoms with Crippen LogP contribution in [0.3, 0.4) is 0 Å². The summed E-state index contributed by atoms with van der Waals surface area (Å²) < 4.78 is 4.54. The van der Waals surface area contributed by atoms with E-state index >= 15 is 0 Å². The summed E-state index contributed by atoms with van der Waals surface area (Å²) in [6, 6.07) is 0. The van der Waals surface area contributed by atoms with Crippen molar-refractivity contribution in [2.45, 2.75) is 18.2 Å². The number of carbonyl (C=O) groups is 2. The van der Waals surface area contributed by atoms with Crippen LogP contribution in [0.25, 0.3) is 0 Å². The molecule has 1 unspecified atom stereocenters. The molecule has 0 spiro atoms. The molecule has 0 amide bonds. The van der Waals surface area contributed by atoms with Crippen LogP contribution in [0.5, 0.6) is 0 Å². The van der Waals surface area contributed by atoms with Crippen LogP contribution in [0.2, 0.25) is 0 Å². The van der Waals surface area contributed by atoms with Crippen LogP contribution in [0.1, 0.15) is 13.3 Å². The number of carbonyl (C=O) groups excluding carboxylic acids is 2. The first kappa shape index (κ1) is 7.54. The topological polar surface area (TPSA) is 43.4 Å². The van der Waals surface area contributed by atoms with Crippen LogP contribution in [-0.4, -0.2) is 23.2 Å². The highest BCUT2D eigenvalue weighted by Gasteiger charge is 2.47. The molecule has 0 radical (unpaired) electrons. The third-order valence-corrected chi connectivity index (χ3v) is 2.17. The van der Waals surface area contributed by atoms with Gasteiger partial charge < -0.3 is 4.74 Å². The van der Waals surface area contributed by atoms with Crippen molar-refractivity contribution in [3.63, 3.8) is 0 Å². The minimum atomic E-state index is -1.38. The van der Waals surface area contributed by atoms with E-state index < -0.39 is 10.8 Å². The minimum Gasteiger partial charge on any atom is -0.464 e. The summed E-state index contributed by atoms with van der Waals surface area (Å²) in [7, 11) is 0. The highest BCUT2D eigenvalue weighted by molar-refractivity contribution is 6.45. The van der Waals surface area contributed by atoms with Gasteiger partial charge in [-0.15, -0.1) is 0 Å². The van der Waals surface area contributed by atoms with Gasteiger partial charge in [-0.3, -0.25) is 4.79 Å². The third kappa shape index (κ3) is 0.904. The van der Waals surface area contributed by atoms with E-state index in [0.29, 0.717) is 6.42 Å². The Labute approximate surface area is 63.3 Å². The summed E-state index contributed by atoms with van der Waals surface area (Å²) in [5, 5.41) is 0. The predicted octanol–water partition coefficient (Wildman–Crippen LogP) is 0.500. The highest BCUT2D eigenvalue weighted by atomic mass is 35.5. The van der Waals surface area contributed by atoms with Crippen LogP contribution < -0.4 is 0 Å². The minimum absolute atomic E-state index is 0.252. The summed E-state index contributed by atoms with van der Waals surface area (Å²) >= 11 is 5.63.